The molecule has 0 spiro atoms. The van der Waals surface area contributed by atoms with E-state index in [1.165, 1.54) is 7.11 Å². The topological polar surface area (TPSA) is 72.2 Å². The lowest BCUT2D eigenvalue weighted by atomic mass is 10.1. The van der Waals surface area contributed by atoms with Crippen LogP contribution in [0.2, 0.25) is 5.02 Å². The number of hydrogen-bond donors (Lipinski definition) is 0. The summed E-state index contributed by atoms with van der Waals surface area (Å²) in [6, 6.07) is 12.5. The van der Waals surface area contributed by atoms with Crippen molar-refractivity contribution in [1.29, 1.82) is 0 Å². The molecule has 0 atom stereocenters. The second-order valence-electron chi connectivity index (χ2n) is 8.43. The number of fused-ring (bicyclic) bond motifs is 1. The van der Waals surface area contributed by atoms with E-state index in [2.05, 4.69) is 0 Å². The number of piperazine rings is 1. The molecule has 1 fully saturated rings. The van der Waals surface area contributed by atoms with Crippen molar-refractivity contribution in [2.45, 2.75) is 13.8 Å². The minimum atomic E-state index is -0.172. The van der Waals surface area contributed by atoms with E-state index in [9.17, 15) is 9.59 Å². The molecule has 1 aliphatic rings. The highest BCUT2D eigenvalue weighted by atomic mass is 35.5. The van der Waals surface area contributed by atoms with Crippen molar-refractivity contribution in [3.8, 4) is 11.5 Å². The summed E-state index contributed by atoms with van der Waals surface area (Å²) in [6.45, 7) is 6.23. The van der Waals surface area contributed by atoms with Crippen LogP contribution in [0.3, 0.4) is 0 Å². The Kier molecular flexibility index (Phi) is 6.79. The van der Waals surface area contributed by atoms with Crippen molar-refractivity contribution < 1.29 is 23.5 Å². The fourth-order valence-corrected chi connectivity index (χ4v) is 4.04. The summed E-state index contributed by atoms with van der Waals surface area (Å²) in [7, 11) is 1.52. The normalized spacial score (nSPS) is 14.1. The van der Waals surface area contributed by atoms with Crippen molar-refractivity contribution in [3.05, 3.63) is 58.8 Å². The van der Waals surface area contributed by atoms with E-state index in [0.29, 0.717) is 72.1 Å². The molecule has 1 saturated heterocycles. The van der Waals surface area contributed by atoms with Crippen LogP contribution in [0, 0.1) is 5.92 Å². The third-order valence-corrected chi connectivity index (χ3v) is 5.81. The molecule has 0 saturated carbocycles. The first-order chi connectivity index (χ1) is 15.9. The van der Waals surface area contributed by atoms with E-state index in [-0.39, 0.29) is 11.8 Å². The molecule has 1 aliphatic heterocycles. The van der Waals surface area contributed by atoms with Crippen molar-refractivity contribution in [3.63, 3.8) is 0 Å². The molecule has 0 bridgehead atoms. The van der Waals surface area contributed by atoms with E-state index >= 15 is 0 Å². The molecule has 4 rings (SSSR count). The van der Waals surface area contributed by atoms with Crippen LogP contribution in [0.25, 0.3) is 11.0 Å². The number of nitrogens with zero attached hydrogens (tertiary/aromatic N) is 2. The van der Waals surface area contributed by atoms with Crippen LogP contribution in [-0.4, -0.2) is 61.5 Å². The van der Waals surface area contributed by atoms with E-state index in [4.69, 9.17) is 25.5 Å². The average Bonchev–Trinajstić information content (AvgIpc) is 3.26. The number of amides is 2. The summed E-state index contributed by atoms with van der Waals surface area (Å²) in [5.41, 5.74) is 1.10. The monoisotopic (exact) mass is 470 g/mol. The third kappa shape index (κ3) is 4.93. The molecule has 7 nitrogen and oxygen atoms in total. The van der Waals surface area contributed by atoms with Crippen LogP contribution in [0.15, 0.2) is 46.9 Å². The first kappa shape index (κ1) is 23.0. The number of benzene rings is 2. The Morgan fingerprint density at radius 1 is 1.03 bits per heavy atom. The Morgan fingerprint density at radius 2 is 1.70 bits per heavy atom. The molecule has 2 heterocycles. The second kappa shape index (κ2) is 9.75. The number of furan rings is 1. The summed E-state index contributed by atoms with van der Waals surface area (Å²) >= 11 is 6.41. The molecule has 0 aliphatic carbocycles. The number of methoxy groups -OCH3 is 1. The van der Waals surface area contributed by atoms with Crippen LogP contribution >= 0.6 is 11.6 Å². The van der Waals surface area contributed by atoms with Gasteiger partial charge in [-0.25, -0.2) is 0 Å². The van der Waals surface area contributed by atoms with Crippen molar-refractivity contribution in [1.82, 2.24) is 9.80 Å². The third-order valence-electron chi connectivity index (χ3n) is 5.53. The molecular weight excluding hydrogens is 444 g/mol. The number of carbonyl (C=O) groups is 2. The quantitative estimate of drug-likeness (QED) is 0.521. The standard InChI is InChI=1S/C25H27ClN2O5/c1-16(2)15-32-23-19(26)12-18(14-21(23)31-3)24(29)27-8-10-28(11-9-27)25(30)22-13-17-6-4-5-7-20(17)33-22/h4-7,12-14,16H,8-11,15H2,1-3H3. The minimum Gasteiger partial charge on any atom is -0.493 e. The SMILES string of the molecule is COc1cc(C(=O)N2CCN(C(=O)c3cc4ccccc4o3)CC2)cc(Cl)c1OCC(C)C. The van der Waals surface area contributed by atoms with Crippen molar-refractivity contribution in [2.75, 3.05) is 39.9 Å². The average molecular weight is 471 g/mol. The van der Waals surface area contributed by atoms with Gasteiger partial charge in [-0.2, -0.15) is 0 Å². The Labute approximate surface area is 197 Å². The molecule has 174 valence electrons. The first-order valence-electron chi connectivity index (χ1n) is 10.9. The maximum atomic E-state index is 13.1. The molecular formula is C25H27ClN2O5. The van der Waals surface area contributed by atoms with Crippen LogP contribution in [0.1, 0.15) is 34.8 Å². The minimum absolute atomic E-state index is 0.165. The highest BCUT2D eigenvalue weighted by Crippen LogP contribution is 2.37. The Morgan fingerprint density at radius 3 is 2.33 bits per heavy atom. The number of rotatable bonds is 6. The molecule has 3 aromatic rings. The van der Waals surface area contributed by atoms with Gasteiger partial charge in [0.05, 0.1) is 18.7 Å². The van der Waals surface area contributed by atoms with Crippen LogP contribution in [0.5, 0.6) is 11.5 Å². The predicted molar refractivity (Wildman–Crippen MR) is 126 cm³/mol. The zero-order chi connectivity index (χ0) is 23.5. The molecule has 1 aromatic heterocycles. The molecule has 0 N–H and O–H groups in total. The highest BCUT2D eigenvalue weighted by molar-refractivity contribution is 6.32. The fraction of sp³-hybridized carbons (Fsp3) is 0.360. The van der Waals surface area contributed by atoms with Gasteiger partial charge in [-0.3, -0.25) is 9.59 Å². The van der Waals surface area contributed by atoms with E-state index in [1.807, 2.05) is 38.1 Å². The van der Waals surface area contributed by atoms with Crippen LogP contribution in [-0.2, 0) is 0 Å². The van der Waals surface area contributed by atoms with Crippen molar-refractivity contribution >= 4 is 34.4 Å². The first-order valence-corrected chi connectivity index (χ1v) is 11.3. The van der Waals surface area contributed by atoms with Gasteiger partial charge >= 0.3 is 0 Å². The molecule has 33 heavy (non-hydrogen) atoms. The van der Waals surface area contributed by atoms with E-state index in [0.717, 1.165) is 5.39 Å². The Hall–Kier alpha value is -3.19. The number of hydrogen-bond acceptors (Lipinski definition) is 5. The van der Waals surface area contributed by atoms with E-state index in [1.54, 1.807) is 28.0 Å². The lowest BCUT2D eigenvalue weighted by Crippen LogP contribution is -2.50. The number of ether oxygens (including phenoxy) is 2. The summed E-state index contributed by atoms with van der Waals surface area (Å²) in [5.74, 6) is 1.15. The fourth-order valence-electron chi connectivity index (χ4n) is 3.77. The van der Waals surface area contributed by atoms with Crippen LogP contribution in [0.4, 0.5) is 0 Å². The molecule has 0 radical (unpaired) electrons. The number of para-hydroxylation sites is 1. The summed E-state index contributed by atoms with van der Waals surface area (Å²) in [5, 5.41) is 1.22. The van der Waals surface area contributed by atoms with Crippen molar-refractivity contribution in [2.24, 2.45) is 5.92 Å². The van der Waals surface area contributed by atoms with Gasteiger partial charge in [0.2, 0.25) is 0 Å². The van der Waals surface area contributed by atoms with Gasteiger partial charge in [-0.1, -0.05) is 43.6 Å². The van der Waals surface area contributed by atoms with E-state index < -0.39 is 0 Å². The summed E-state index contributed by atoms with van der Waals surface area (Å²) in [4.78, 5) is 29.4. The molecule has 0 unspecified atom stereocenters. The Balaban J connectivity index is 1.42. The maximum absolute atomic E-state index is 13.1. The second-order valence-corrected chi connectivity index (χ2v) is 8.83. The lowest BCUT2D eigenvalue weighted by Gasteiger charge is -2.34. The molecule has 2 amide bonds. The van der Waals surface area contributed by atoms with Gasteiger partial charge in [-0.05, 0) is 30.2 Å². The smallest absolute Gasteiger partial charge is 0.289 e. The van der Waals surface area contributed by atoms with Gasteiger partial charge in [0, 0.05) is 37.1 Å². The maximum Gasteiger partial charge on any atom is 0.289 e. The zero-order valence-corrected chi connectivity index (χ0v) is 19.7. The van der Waals surface area contributed by atoms with Gasteiger partial charge in [0.15, 0.2) is 17.3 Å². The van der Waals surface area contributed by atoms with Gasteiger partial charge < -0.3 is 23.7 Å². The largest absolute Gasteiger partial charge is 0.493 e. The van der Waals surface area contributed by atoms with Gasteiger partial charge in [-0.15, -0.1) is 0 Å². The highest BCUT2D eigenvalue weighted by Gasteiger charge is 2.28. The summed E-state index contributed by atoms with van der Waals surface area (Å²) in [6.07, 6.45) is 0. The Bertz CT molecular complexity index is 1130. The molecule has 2 aromatic carbocycles. The number of carbonyl (C=O) groups excluding carboxylic acids is 2. The predicted octanol–water partition coefficient (Wildman–Crippen LogP) is 4.73. The summed E-state index contributed by atoms with van der Waals surface area (Å²) < 4.78 is 16.9. The lowest BCUT2D eigenvalue weighted by molar-refractivity contribution is 0.0519. The number of halogens is 1. The zero-order valence-electron chi connectivity index (χ0n) is 19.0. The van der Waals surface area contributed by atoms with Gasteiger partial charge in [0.25, 0.3) is 11.8 Å². The molecule has 8 heteroatoms. The van der Waals surface area contributed by atoms with Gasteiger partial charge in [0.1, 0.15) is 5.58 Å². The van der Waals surface area contributed by atoms with Crippen LogP contribution < -0.4 is 9.47 Å².